The Kier molecular flexibility index (Phi) is 6.60. The first kappa shape index (κ1) is 22.3. The minimum atomic E-state index is -0.689. The molecule has 33 heavy (non-hydrogen) atoms. The van der Waals surface area contributed by atoms with Gasteiger partial charge in [-0.1, -0.05) is 66.4 Å². The number of rotatable bonds is 7. The standard InChI is InChI=1S/C24H23N5O3S/c1-2-28(20(30)15-33-19-13-12-17-10-6-7-11-18(17)26-19)21-22(25)29(24(32)27-23(21)31)14-16-8-4-3-5-9-16/h3-13H,2,14-15,25H2,1H3,(H,27,31,32). The summed E-state index contributed by atoms with van der Waals surface area (Å²) in [5, 5.41) is 1.72. The van der Waals surface area contributed by atoms with Crippen molar-refractivity contribution in [3.05, 3.63) is 93.1 Å². The predicted molar refractivity (Wildman–Crippen MR) is 132 cm³/mol. The van der Waals surface area contributed by atoms with E-state index in [0.29, 0.717) is 5.03 Å². The molecule has 4 rings (SSSR count). The molecule has 2 aromatic carbocycles. The predicted octanol–water partition coefficient (Wildman–Crippen LogP) is 2.86. The number of aromatic amines is 1. The largest absolute Gasteiger partial charge is 0.383 e. The van der Waals surface area contributed by atoms with Crippen LogP contribution in [0.25, 0.3) is 10.9 Å². The molecule has 0 aliphatic heterocycles. The van der Waals surface area contributed by atoms with Crippen molar-refractivity contribution >= 4 is 40.1 Å². The quantitative estimate of drug-likeness (QED) is 0.409. The number of hydrogen-bond donors (Lipinski definition) is 2. The summed E-state index contributed by atoms with van der Waals surface area (Å²) in [7, 11) is 0. The zero-order valence-electron chi connectivity index (χ0n) is 18.0. The molecule has 0 atom stereocenters. The van der Waals surface area contributed by atoms with Crippen molar-refractivity contribution in [1.29, 1.82) is 0 Å². The van der Waals surface area contributed by atoms with E-state index in [0.717, 1.165) is 16.5 Å². The fourth-order valence-corrected chi connectivity index (χ4v) is 4.32. The lowest BCUT2D eigenvalue weighted by Gasteiger charge is -2.23. The molecule has 0 bridgehead atoms. The van der Waals surface area contributed by atoms with Gasteiger partial charge in [0.2, 0.25) is 5.91 Å². The van der Waals surface area contributed by atoms with E-state index in [4.69, 9.17) is 5.73 Å². The summed E-state index contributed by atoms with van der Waals surface area (Å²) in [6, 6.07) is 20.8. The molecule has 8 nitrogen and oxygen atoms in total. The van der Waals surface area contributed by atoms with Gasteiger partial charge in [-0.15, -0.1) is 0 Å². The third-order valence-corrected chi connectivity index (χ3v) is 6.12. The second-order valence-corrected chi connectivity index (χ2v) is 8.33. The van der Waals surface area contributed by atoms with Crippen LogP contribution in [-0.4, -0.2) is 32.7 Å². The highest BCUT2D eigenvalue weighted by atomic mass is 32.2. The van der Waals surface area contributed by atoms with Gasteiger partial charge in [0.1, 0.15) is 5.82 Å². The maximum Gasteiger partial charge on any atom is 0.330 e. The van der Waals surface area contributed by atoms with Crippen molar-refractivity contribution in [1.82, 2.24) is 14.5 Å². The Morgan fingerprint density at radius 1 is 1.06 bits per heavy atom. The summed E-state index contributed by atoms with van der Waals surface area (Å²) in [5.41, 5.74) is 6.60. The Bertz CT molecular complexity index is 1420. The molecular formula is C24H23N5O3S. The van der Waals surface area contributed by atoms with E-state index in [1.807, 2.05) is 66.7 Å². The van der Waals surface area contributed by atoms with Gasteiger partial charge in [0.05, 0.1) is 22.8 Å². The number of carbonyl (C=O) groups is 1. The lowest BCUT2D eigenvalue weighted by Crippen LogP contribution is -2.41. The number of H-pyrrole nitrogens is 1. The number of nitrogens with zero attached hydrogens (tertiary/aromatic N) is 3. The molecule has 0 fully saturated rings. The van der Waals surface area contributed by atoms with Gasteiger partial charge in [0, 0.05) is 11.9 Å². The highest BCUT2D eigenvalue weighted by Crippen LogP contribution is 2.23. The molecule has 0 saturated carbocycles. The number of nitrogens with one attached hydrogen (secondary N) is 1. The van der Waals surface area contributed by atoms with Crippen molar-refractivity contribution in [3.8, 4) is 0 Å². The number of pyridine rings is 1. The van der Waals surface area contributed by atoms with Crippen LogP contribution < -0.4 is 21.9 Å². The van der Waals surface area contributed by atoms with Crippen LogP contribution in [0.1, 0.15) is 12.5 Å². The Morgan fingerprint density at radius 3 is 2.55 bits per heavy atom. The van der Waals surface area contributed by atoms with Crippen molar-refractivity contribution in [2.24, 2.45) is 0 Å². The van der Waals surface area contributed by atoms with Crippen LogP contribution in [0.3, 0.4) is 0 Å². The summed E-state index contributed by atoms with van der Waals surface area (Å²) < 4.78 is 1.26. The van der Waals surface area contributed by atoms with Crippen LogP contribution in [0.5, 0.6) is 0 Å². The molecule has 0 spiro atoms. The van der Waals surface area contributed by atoms with Gasteiger partial charge in [0.15, 0.2) is 5.69 Å². The number of fused-ring (bicyclic) bond motifs is 1. The molecular weight excluding hydrogens is 438 g/mol. The van der Waals surface area contributed by atoms with E-state index in [9.17, 15) is 14.4 Å². The lowest BCUT2D eigenvalue weighted by atomic mass is 10.2. The Morgan fingerprint density at radius 2 is 1.79 bits per heavy atom. The fourth-order valence-electron chi connectivity index (χ4n) is 3.56. The van der Waals surface area contributed by atoms with Gasteiger partial charge >= 0.3 is 5.69 Å². The molecule has 0 radical (unpaired) electrons. The lowest BCUT2D eigenvalue weighted by molar-refractivity contribution is -0.116. The Balaban J connectivity index is 1.59. The smallest absolute Gasteiger partial charge is 0.330 e. The number of carbonyl (C=O) groups excluding carboxylic acids is 1. The van der Waals surface area contributed by atoms with E-state index in [-0.39, 0.29) is 36.3 Å². The van der Waals surface area contributed by atoms with Crippen molar-refractivity contribution in [3.63, 3.8) is 0 Å². The first-order valence-electron chi connectivity index (χ1n) is 10.4. The number of anilines is 2. The third kappa shape index (κ3) is 4.83. The van der Waals surface area contributed by atoms with E-state index < -0.39 is 11.2 Å². The minimum absolute atomic E-state index is 0.0231. The molecule has 4 aromatic rings. The monoisotopic (exact) mass is 461 g/mol. The van der Waals surface area contributed by atoms with E-state index in [1.165, 1.54) is 21.2 Å². The Labute approximate surface area is 194 Å². The molecule has 3 N–H and O–H groups in total. The molecule has 0 aliphatic carbocycles. The fraction of sp³-hybridized carbons (Fsp3) is 0.167. The summed E-state index contributed by atoms with van der Waals surface area (Å²) in [6.07, 6.45) is 0. The van der Waals surface area contributed by atoms with Crippen molar-refractivity contribution in [2.75, 3.05) is 22.9 Å². The number of para-hydroxylation sites is 1. The maximum absolute atomic E-state index is 13.1. The molecule has 0 aliphatic rings. The SMILES string of the molecule is CCN(C(=O)CSc1ccc2ccccc2n1)c1c(N)n(Cc2ccccc2)c(=O)[nH]c1=O. The van der Waals surface area contributed by atoms with Crippen LogP contribution in [-0.2, 0) is 11.3 Å². The summed E-state index contributed by atoms with van der Waals surface area (Å²) in [6.45, 7) is 2.15. The summed E-state index contributed by atoms with van der Waals surface area (Å²) >= 11 is 1.28. The average molecular weight is 462 g/mol. The van der Waals surface area contributed by atoms with E-state index in [2.05, 4.69) is 9.97 Å². The summed E-state index contributed by atoms with van der Waals surface area (Å²) in [4.78, 5) is 46.3. The second kappa shape index (κ2) is 9.74. The number of nitrogens with two attached hydrogens (primary N) is 1. The normalized spacial score (nSPS) is 10.9. The molecule has 9 heteroatoms. The minimum Gasteiger partial charge on any atom is -0.383 e. The van der Waals surface area contributed by atoms with Crippen LogP contribution in [0, 0.1) is 0 Å². The highest BCUT2D eigenvalue weighted by Gasteiger charge is 2.23. The van der Waals surface area contributed by atoms with Crippen molar-refractivity contribution < 1.29 is 4.79 Å². The third-order valence-electron chi connectivity index (χ3n) is 5.20. The first-order valence-corrected chi connectivity index (χ1v) is 11.4. The Hall–Kier alpha value is -3.85. The molecule has 0 saturated heterocycles. The number of nitrogen functional groups attached to an aromatic ring is 1. The number of aromatic nitrogens is 3. The first-order chi connectivity index (χ1) is 16.0. The zero-order valence-corrected chi connectivity index (χ0v) is 18.8. The average Bonchev–Trinajstić information content (AvgIpc) is 2.83. The van der Waals surface area contributed by atoms with Gasteiger partial charge in [-0.05, 0) is 24.6 Å². The van der Waals surface area contributed by atoms with Crippen molar-refractivity contribution in [2.45, 2.75) is 18.5 Å². The number of hydrogen-bond acceptors (Lipinski definition) is 6. The number of benzene rings is 2. The van der Waals surface area contributed by atoms with Crippen LogP contribution in [0.2, 0.25) is 0 Å². The van der Waals surface area contributed by atoms with E-state index >= 15 is 0 Å². The van der Waals surface area contributed by atoms with Gasteiger partial charge in [-0.2, -0.15) is 0 Å². The van der Waals surface area contributed by atoms with E-state index in [1.54, 1.807) is 6.92 Å². The molecule has 2 heterocycles. The molecule has 2 aromatic heterocycles. The van der Waals surface area contributed by atoms with Gasteiger partial charge in [-0.25, -0.2) is 9.78 Å². The van der Waals surface area contributed by atoms with Crippen LogP contribution >= 0.6 is 11.8 Å². The number of thioether (sulfide) groups is 1. The summed E-state index contributed by atoms with van der Waals surface area (Å²) in [5.74, 6) is -0.285. The van der Waals surface area contributed by atoms with Gasteiger partial charge < -0.3 is 10.6 Å². The van der Waals surface area contributed by atoms with Gasteiger partial charge in [0.25, 0.3) is 5.56 Å². The van der Waals surface area contributed by atoms with Crippen LogP contribution in [0.4, 0.5) is 11.5 Å². The highest BCUT2D eigenvalue weighted by molar-refractivity contribution is 7.99. The molecule has 1 amide bonds. The van der Waals surface area contributed by atoms with Gasteiger partial charge in [-0.3, -0.25) is 19.1 Å². The second-order valence-electron chi connectivity index (χ2n) is 7.33. The van der Waals surface area contributed by atoms with Crippen LogP contribution in [0.15, 0.2) is 81.3 Å². The molecule has 0 unspecified atom stereocenters. The molecule has 168 valence electrons. The topological polar surface area (TPSA) is 114 Å². The maximum atomic E-state index is 13.1. The number of amides is 1. The zero-order chi connectivity index (χ0) is 23.4.